The third-order valence-electron chi connectivity index (χ3n) is 3.13. The molecule has 1 aromatic rings. The summed E-state index contributed by atoms with van der Waals surface area (Å²) in [5.74, 6) is 0.137. The van der Waals surface area contributed by atoms with Crippen LogP contribution in [0.3, 0.4) is 0 Å². The lowest BCUT2D eigenvalue weighted by molar-refractivity contribution is 0.0441. The zero-order valence-corrected chi connectivity index (χ0v) is 11.6. The number of carbonyl (C=O) groups excluding carboxylic acids is 1. The van der Waals surface area contributed by atoms with E-state index in [0.29, 0.717) is 13.0 Å². The number of ether oxygens (including phenoxy) is 1. The van der Waals surface area contributed by atoms with E-state index < -0.39 is 0 Å². The Morgan fingerprint density at radius 2 is 2.24 bits per heavy atom. The van der Waals surface area contributed by atoms with Gasteiger partial charge in [-0.2, -0.15) is 0 Å². The average molecular weight is 297 g/mol. The summed E-state index contributed by atoms with van der Waals surface area (Å²) >= 11 is 3.49. The standard InChI is InChI=1S/C14H17BrO2/c1-2-3-4-8-17-13-9-11-10(14(13)16)6-5-7-12(11)15/h5-7,13H,2-4,8-9H2,1H3. The van der Waals surface area contributed by atoms with Gasteiger partial charge in [-0.25, -0.2) is 0 Å². The van der Waals surface area contributed by atoms with Crippen LogP contribution in [0.2, 0.25) is 0 Å². The molecule has 0 aliphatic heterocycles. The summed E-state index contributed by atoms with van der Waals surface area (Å²) in [4.78, 5) is 12.1. The molecule has 0 radical (unpaired) electrons. The maximum absolute atomic E-state index is 12.1. The van der Waals surface area contributed by atoms with Gasteiger partial charge >= 0.3 is 0 Å². The zero-order chi connectivity index (χ0) is 12.3. The summed E-state index contributed by atoms with van der Waals surface area (Å²) in [7, 11) is 0. The minimum absolute atomic E-state index is 0.137. The van der Waals surface area contributed by atoms with Crippen molar-refractivity contribution in [1.29, 1.82) is 0 Å². The second-order valence-corrected chi connectivity index (χ2v) is 5.26. The summed E-state index contributed by atoms with van der Waals surface area (Å²) in [6.45, 7) is 2.85. The van der Waals surface area contributed by atoms with Crippen LogP contribution in [0.25, 0.3) is 0 Å². The fraction of sp³-hybridized carbons (Fsp3) is 0.500. The van der Waals surface area contributed by atoms with Gasteiger partial charge in [-0.1, -0.05) is 47.8 Å². The van der Waals surface area contributed by atoms with Crippen molar-refractivity contribution in [2.75, 3.05) is 6.61 Å². The van der Waals surface area contributed by atoms with Crippen molar-refractivity contribution in [3.63, 3.8) is 0 Å². The van der Waals surface area contributed by atoms with Gasteiger partial charge in [-0.15, -0.1) is 0 Å². The van der Waals surface area contributed by atoms with Gasteiger partial charge < -0.3 is 4.74 Å². The van der Waals surface area contributed by atoms with Crippen LogP contribution in [0.1, 0.15) is 42.1 Å². The molecule has 0 fully saturated rings. The van der Waals surface area contributed by atoms with Crippen molar-refractivity contribution in [1.82, 2.24) is 0 Å². The first-order valence-electron chi connectivity index (χ1n) is 6.17. The molecule has 1 aliphatic carbocycles. The second kappa shape index (κ2) is 5.78. The minimum Gasteiger partial charge on any atom is -0.370 e. The van der Waals surface area contributed by atoms with Gasteiger partial charge in [0.05, 0.1) is 0 Å². The van der Waals surface area contributed by atoms with Crippen LogP contribution in [-0.2, 0) is 11.2 Å². The lowest BCUT2D eigenvalue weighted by Crippen LogP contribution is -2.20. The zero-order valence-electron chi connectivity index (χ0n) is 10.0. The van der Waals surface area contributed by atoms with E-state index in [1.54, 1.807) is 0 Å². The van der Waals surface area contributed by atoms with Gasteiger partial charge in [0, 0.05) is 23.1 Å². The first-order chi connectivity index (χ1) is 8.24. The van der Waals surface area contributed by atoms with Crippen molar-refractivity contribution in [3.8, 4) is 0 Å². The second-order valence-electron chi connectivity index (χ2n) is 4.40. The van der Waals surface area contributed by atoms with Crippen LogP contribution < -0.4 is 0 Å². The number of unbranched alkanes of at least 4 members (excludes halogenated alkanes) is 2. The predicted molar refractivity (Wildman–Crippen MR) is 71.4 cm³/mol. The third kappa shape index (κ3) is 2.78. The number of rotatable bonds is 5. The van der Waals surface area contributed by atoms with Crippen molar-refractivity contribution in [3.05, 3.63) is 33.8 Å². The Balaban J connectivity index is 1.97. The first-order valence-corrected chi connectivity index (χ1v) is 6.96. The number of fused-ring (bicyclic) bond motifs is 1. The molecule has 0 saturated heterocycles. The van der Waals surface area contributed by atoms with Crippen molar-refractivity contribution < 1.29 is 9.53 Å². The van der Waals surface area contributed by atoms with Crippen molar-refractivity contribution >= 4 is 21.7 Å². The maximum Gasteiger partial charge on any atom is 0.192 e. The van der Waals surface area contributed by atoms with E-state index >= 15 is 0 Å². The molecular formula is C14H17BrO2. The largest absolute Gasteiger partial charge is 0.370 e. The van der Waals surface area contributed by atoms with Gasteiger partial charge in [-0.05, 0) is 18.1 Å². The van der Waals surface area contributed by atoms with Gasteiger partial charge in [0.25, 0.3) is 0 Å². The van der Waals surface area contributed by atoms with Crippen LogP contribution in [0.4, 0.5) is 0 Å². The molecule has 0 spiro atoms. The lowest BCUT2D eigenvalue weighted by atomic mass is 10.1. The topological polar surface area (TPSA) is 26.3 Å². The van der Waals surface area contributed by atoms with Crippen LogP contribution in [0, 0.1) is 0 Å². The van der Waals surface area contributed by atoms with Crippen LogP contribution in [-0.4, -0.2) is 18.5 Å². The highest BCUT2D eigenvalue weighted by molar-refractivity contribution is 9.10. The first kappa shape index (κ1) is 12.8. The Hall–Kier alpha value is -0.670. The quantitative estimate of drug-likeness (QED) is 0.773. The SMILES string of the molecule is CCCCCOC1Cc2c(Br)cccc2C1=O. The molecule has 1 aromatic carbocycles. The summed E-state index contributed by atoms with van der Waals surface area (Å²) < 4.78 is 6.70. The van der Waals surface area contributed by atoms with Crippen LogP contribution in [0.15, 0.2) is 22.7 Å². The molecule has 0 bridgehead atoms. The number of halogens is 1. The third-order valence-corrected chi connectivity index (χ3v) is 3.88. The number of Topliss-reactive ketones (excluding diaryl/α,β-unsaturated/α-hetero) is 1. The number of hydrogen-bond donors (Lipinski definition) is 0. The summed E-state index contributed by atoms with van der Waals surface area (Å²) in [5, 5.41) is 0. The highest BCUT2D eigenvalue weighted by Gasteiger charge is 2.32. The molecule has 3 heteroatoms. The van der Waals surface area contributed by atoms with Gasteiger partial charge in [-0.3, -0.25) is 4.79 Å². The fourth-order valence-corrected chi connectivity index (χ4v) is 2.69. The van der Waals surface area contributed by atoms with Crippen LogP contribution >= 0.6 is 15.9 Å². The molecule has 17 heavy (non-hydrogen) atoms. The molecule has 0 saturated carbocycles. The number of carbonyl (C=O) groups is 1. The molecule has 0 aromatic heterocycles. The van der Waals surface area contributed by atoms with Gasteiger partial charge in [0.15, 0.2) is 5.78 Å². The summed E-state index contributed by atoms with van der Waals surface area (Å²) in [6, 6.07) is 5.77. The normalized spacial score (nSPS) is 18.5. The smallest absolute Gasteiger partial charge is 0.192 e. The minimum atomic E-state index is -0.263. The lowest BCUT2D eigenvalue weighted by Gasteiger charge is -2.09. The van der Waals surface area contributed by atoms with E-state index in [9.17, 15) is 4.79 Å². The van der Waals surface area contributed by atoms with E-state index in [0.717, 1.165) is 28.4 Å². The highest BCUT2D eigenvalue weighted by atomic mass is 79.9. The highest BCUT2D eigenvalue weighted by Crippen LogP contribution is 2.30. The molecule has 2 nitrogen and oxygen atoms in total. The van der Waals surface area contributed by atoms with Gasteiger partial charge in [0.1, 0.15) is 6.10 Å². The molecule has 0 heterocycles. The van der Waals surface area contributed by atoms with E-state index in [1.807, 2.05) is 18.2 Å². The van der Waals surface area contributed by atoms with E-state index in [-0.39, 0.29) is 11.9 Å². The van der Waals surface area contributed by atoms with Gasteiger partial charge in [0.2, 0.25) is 0 Å². The number of ketones is 1. The van der Waals surface area contributed by atoms with Crippen LogP contribution in [0.5, 0.6) is 0 Å². The van der Waals surface area contributed by atoms with Crippen molar-refractivity contribution in [2.45, 2.75) is 38.7 Å². The monoisotopic (exact) mass is 296 g/mol. The number of benzene rings is 1. The Morgan fingerprint density at radius 3 is 2.94 bits per heavy atom. The Labute approximate surface area is 110 Å². The fourth-order valence-electron chi connectivity index (χ4n) is 2.16. The molecule has 92 valence electrons. The number of hydrogen-bond acceptors (Lipinski definition) is 2. The summed E-state index contributed by atoms with van der Waals surface area (Å²) in [5.41, 5.74) is 1.91. The molecule has 1 atom stereocenters. The van der Waals surface area contributed by atoms with E-state index in [1.165, 1.54) is 6.42 Å². The Bertz CT molecular complexity index is 415. The molecular weight excluding hydrogens is 280 g/mol. The molecule has 0 N–H and O–H groups in total. The Kier molecular flexibility index (Phi) is 4.35. The Morgan fingerprint density at radius 1 is 1.41 bits per heavy atom. The van der Waals surface area contributed by atoms with E-state index in [4.69, 9.17) is 4.74 Å². The predicted octanol–water partition coefficient (Wildman–Crippen LogP) is 3.76. The van der Waals surface area contributed by atoms with E-state index in [2.05, 4.69) is 22.9 Å². The molecule has 0 amide bonds. The van der Waals surface area contributed by atoms with Crippen molar-refractivity contribution in [2.24, 2.45) is 0 Å². The molecule has 1 aliphatic rings. The maximum atomic E-state index is 12.1. The summed E-state index contributed by atoms with van der Waals surface area (Å²) in [6.07, 6.45) is 3.82. The molecule has 1 unspecified atom stereocenters. The average Bonchev–Trinajstić information content (AvgIpc) is 2.65. The molecule has 2 rings (SSSR count).